The predicted octanol–water partition coefficient (Wildman–Crippen LogP) is 2.48. The second-order valence-electron chi connectivity index (χ2n) is 6.67. The molecule has 2 rings (SSSR count). The Balaban J connectivity index is 2.15. The Labute approximate surface area is 159 Å². The molecule has 0 aliphatic rings. The van der Waals surface area contributed by atoms with Crippen LogP contribution in [-0.2, 0) is 14.6 Å². The summed E-state index contributed by atoms with van der Waals surface area (Å²) in [5, 5.41) is 5.37. The second kappa shape index (κ2) is 8.81. The molecule has 2 aromatic rings. The highest BCUT2D eigenvalue weighted by molar-refractivity contribution is 7.90. The maximum absolute atomic E-state index is 12.6. The topological polar surface area (TPSA) is 92.3 Å². The van der Waals surface area contributed by atoms with Gasteiger partial charge in [-0.15, -0.1) is 0 Å². The van der Waals surface area contributed by atoms with Crippen LogP contribution in [0, 0.1) is 13.8 Å². The molecule has 0 aromatic heterocycles. The lowest BCUT2D eigenvalue weighted by atomic mass is 10.1. The van der Waals surface area contributed by atoms with Crippen LogP contribution in [-0.4, -0.2) is 38.3 Å². The van der Waals surface area contributed by atoms with E-state index in [1.165, 1.54) is 0 Å². The quantitative estimate of drug-likeness (QED) is 0.762. The van der Waals surface area contributed by atoms with Crippen molar-refractivity contribution in [1.29, 1.82) is 0 Å². The van der Waals surface area contributed by atoms with Gasteiger partial charge in [0.05, 0.1) is 5.75 Å². The zero-order valence-electron chi connectivity index (χ0n) is 15.7. The lowest BCUT2D eigenvalue weighted by Crippen LogP contribution is -2.44. The maximum Gasteiger partial charge on any atom is 0.251 e. The van der Waals surface area contributed by atoms with Crippen LogP contribution < -0.4 is 10.6 Å². The Kier molecular flexibility index (Phi) is 6.74. The van der Waals surface area contributed by atoms with E-state index in [2.05, 4.69) is 10.6 Å². The minimum Gasteiger partial charge on any atom is -0.340 e. The standard InChI is InChI=1S/C20H24N2O4S/c1-14-7-9-17(10-8-14)21-20(24)18(11-12-27(3,25)26)22-19(23)16-6-4-5-15(2)13-16/h4-10,13,18H,11-12H2,1-3H3,(H,21,24)(H,22,23)/t18-/m0/s1. The van der Waals surface area contributed by atoms with E-state index in [0.29, 0.717) is 11.3 Å². The van der Waals surface area contributed by atoms with Crippen molar-refractivity contribution in [3.63, 3.8) is 0 Å². The van der Waals surface area contributed by atoms with Crippen LogP contribution in [0.15, 0.2) is 48.5 Å². The molecule has 0 heterocycles. The van der Waals surface area contributed by atoms with Gasteiger partial charge in [0.25, 0.3) is 5.91 Å². The summed E-state index contributed by atoms with van der Waals surface area (Å²) in [6.45, 7) is 3.80. The number of carbonyl (C=O) groups is 2. The van der Waals surface area contributed by atoms with Crippen LogP contribution in [0.25, 0.3) is 0 Å². The molecule has 0 unspecified atom stereocenters. The molecule has 0 aliphatic carbocycles. The number of hydrogen-bond acceptors (Lipinski definition) is 4. The van der Waals surface area contributed by atoms with Gasteiger partial charge in [-0.3, -0.25) is 9.59 Å². The van der Waals surface area contributed by atoms with Crippen LogP contribution in [0.3, 0.4) is 0 Å². The summed E-state index contributed by atoms with van der Waals surface area (Å²) < 4.78 is 23.0. The Hall–Kier alpha value is -2.67. The number of anilines is 1. The molecule has 6 nitrogen and oxygen atoms in total. The van der Waals surface area contributed by atoms with Gasteiger partial charge in [0, 0.05) is 17.5 Å². The van der Waals surface area contributed by atoms with Crippen molar-refractivity contribution in [3.05, 3.63) is 65.2 Å². The summed E-state index contributed by atoms with van der Waals surface area (Å²) in [5.74, 6) is -1.08. The van der Waals surface area contributed by atoms with Gasteiger partial charge >= 0.3 is 0 Å². The van der Waals surface area contributed by atoms with Crippen molar-refractivity contribution < 1.29 is 18.0 Å². The van der Waals surface area contributed by atoms with E-state index in [1.54, 1.807) is 30.3 Å². The molecule has 27 heavy (non-hydrogen) atoms. The van der Waals surface area contributed by atoms with Crippen LogP contribution >= 0.6 is 0 Å². The predicted molar refractivity (Wildman–Crippen MR) is 107 cm³/mol. The van der Waals surface area contributed by atoms with E-state index in [1.807, 2.05) is 32.0 Å². The first-order chi connectivity index (χ1) is 12.6. The largest absolute Gasteiger partial charge is 0.340 e. The van der Waals surface area contributed by atoms with Gasteiger partial charge in [-0.1, -0.05) is 35.4 Å². The molecule has 2 aromatic carbocycles. The first-order valence-corrected chi connectivity index (χ1v) is 10.6. The van der Waals surface area contributed by atoms with E-state index in [4.69, 9.17) is 0 Å². The van der Waals surface area contributed by atoms with Gasteiger partial charge in [0.15, 0.2) is 0 Å². The molecule has 0 saturated carbocycles. The third-order valence-corrected chi connectivity index (χ3v) is 4.98. The molecule has 1 atom stereocenters. The third kappa shape index (κ3) is 6.86. The van der Waals surface area contributed by atoms with Crippen molar-refractivity contribution in [2.75, 3.05) is 17.3 Å². The number of rotatable bonds is 7. The zero-order valence-corrected chi connectivity index (χ0v) is 16.5. The smallest absolute Gasteiger partial charge is 0.251 e. The lowest BCUT2D eigenvalue weighted by Gasteiger charge is -2.18. The number of nitrogens with one attached hydrogen (secondary N) is 2. The van der Waals surface area contributed by atoms with E-state index in [9.17, 15) is 18.0 Å². The third-order valence-electron chi connectivity index (χ3n) is 4.00. The van der Waals surface area contributed by atoms with Crippen LogP contribution in [0.5, 0.6) is 0 Å². The number of aryl methyl sites for hydroxylation is 2. The maximum atomic E-state index is 12.6. The molecule has 0 bridgehead atoms. The molecule has 2 N–H and O–H groups in total. The normalized spacial score (nSPS) is 12.3. The van der Waals surface area contributed by atoms with Crippen LogP contribution in [0.2, 0.25) is 0 Å². The molecular weight excluding hydrogens is 364 g/mol. The molecular formula is C20H24N2O4S. The summed E-state index contributed by atoms with van der Waals surface area (Å²) in [6.07, 6.45) is 1.10. The van der Waals surface area contributed by atoms with Crippen molar-refractivity contribution in [1.82, 2.24) is 5.32 Å². The molecule has 0 spiro atoms. The van der Waals surface area contributed by atoms with Crippen molar-refractivity contribution in [3.8, 4) is 0 Å². The Morgan fingerprint density at radius 3 is 2.26 bits per heavy atom. The molecule has 0 aliphatic heterocycles. The van der Waals surface area contributed by atoms with Gasteiger partial charge in [-0.2, -0.15) is 0 Å². The van der Waals surface area contributed by atoms with Gasteiger partial charge in [-0.25, -0.2) is 8.42 Å². The Morgan fingerprint density at radius 2 is 1.67 bits per heavy atom. The van der Waals surface area contributed by atoms with Crippen molar-refractivity contribution in [2.45, 2.75) is 26.3 Å². The van der Waals surface area contributed by atoms with Gasteiger partial charge in [0.2, 0.25) is 5.91 Å². The van der Waals surface area contributed by atoms with Crippen molar-refractivity contribution >= 4 is 27.3 Å². The molecule has 144 valence electrons. The second-order valence-corrected chi connectivity index (χ2v) is 8.93. The number of benzene rings is 2. The van der Waals surface area contributed by atoms with Crippen LogP contribution in [0.4, 0.5) is 5.69 Å². The first-order valence-electron chi connectivity index (χ1n) is 8.57. The number of carbonyl (C=O) groups excluding carboxylic acids is 2. The summed E-state index contributed by atoms with van der Waals surface area (Å²) in [7, 11) is -3.27. The fourth-order valence-corrected chi connectivity index (χ4v) is 3.16. The highest BCUT2D eigenvalue weighted by Crippen LogP contribution is 2.11. The minimum atomic E-state index is -3.27. The SMILES string of the molecule is Cc1ccc(NC(=O)[C@H](CCS(C)(=O)=O)NC(=O)c2cccc(C)c2)cc1. The molecule has 0 fully saturated rings. The van der Waals surface area contributed by atoms with Crippen molar-refractivity contribution in [2.24, 2.45) is 0 Å². The summed E-state index contributed by atoms with van der Waals surface area (Å²) in [6, 6.07) is 13.2. The summed E-state index contributed by atoms with van der Waals surface area (Å²) in [5.41, 5.74) is 2.97. The van der Waals surface area contributed by atoms with Gasteiger partial charge in [-0.05, 0) is 44.5 Å². The summed E-state index contributed by atoms with van der Waals surface area (Å²) in [4.78, 5) is 25.1. The van der Waals surface area contributed by atoms with Gasteiger partial charge in [0.1, 0.15) is 15.9 Å². The molecule has 0 saturated heterocycles. The zero-order chi connectivity index (χ0) is 20.0. The number of sulfone groups is 1. The highest BCUT2D eigenvalue weighted by Gasteiger charge is 2.23. The molecule has 7 heteroatoms. The first kappa shape index (κ1) is 20.6. The van der Waals surface area contributed by atoms with Crippen LogP contribution in [0.1, 0.15) is 27.9 Å². The Bertz CT molecular complexity index is 921. The average molecular weight is 388 g/mol. The van der Waals surface area contributed by atoms with E-state index >= 15 is 0 Å². The average Bonchev–Trinajstić information content (AvgIpc) is 2.59. The number of hydrogen-bond donors (Lipinski definition) is 2. The fraction of sp³-hybridized carbons (Fsp3) is 0.300. The fourth-order valence-electron chi connectivity index (χ4n) is 2.49. The van der Waals surface area contributed by atoms with E-state index in [0.717, 1.165) is 17.4 Å². The van der Waals surface area contributed by atoms with E-state index < -0.39 is 27.7 Å². The highest BCUT2D eigenvalue weighted by atomic mass is 32.2. The molecule has 0 radical (unpaired) electrons. The van der Waals surface area contributed by atoms with E-state index in [-0.39, 0.29) is 12.2 Å². The summed E-state index contributed by atoms with van der Waals surface area (Å²) >= 11 is 0. The van der Waals surface area contributed by atoms with Gasteiger partial charge < -0.3 is 10.6 Å². The lowest BCUT2D eigenvalue weighted by molar-refractivity contribution is -0.118. The number of amides is 2. The molecule has 2 amide bonds. The Morgan fingerprint density at radius 1 is 1.00 bits per heavy atom. The minimum absolute atomic E-state index is 0.00587. The monoisotopic (exact) mass is 388 g/mol.